The minimum Gasteiger partial charge on any atom is -0.497 e. The van der Waals surface area contributed by atoms with Crippen molar-refractivity contribution >= 4 is 20.9 Å². The van der Waals surface area contributed by atoms with Crippen LogP contribution in [-0.2, 0) is 16.4 Å². The molecule has 0 radical (unpaired) electrons. The first-order valence-electron chi connectivity index (χ1n) is 9.75. The van der Waals surface area contributed by atoms with Crippen molar-refractivity contribution in [1.82, 2.24) is 9.55 Å². The van der Waals surface area contributed by atoms with E-state index in [1.54, 1.807) is 35.9 Å². The van der Waals surface area contributed by atoms with Gasteiger partial charge in [-0.3, -0.25) is 4.79 Å². The molecule has 0 bridgehead atoms. The van der Waals surface area contributed by atoms with Crippen LogP contribution in [0.15, 0.2) is 81.4 Å². The molecule has 0 unspecified atom stereocenters. The fourth-order valence-electron chi connectivity index (χ4n) is 3.46. The normalized spacial score (nSPS) is 11.6. The van der Waals surface area contributed by atoms with Crippen molar-refractivity contribution in [3.8, 4) is 5.75 Å². The van der Waals surface area contributed by atoms with Crippen molar-refractivity contribution in [3.63, 3.8) is 0 Å². The lowest BCUT2D eigenvalue weighted by Gasteiger charge is -2.14. The van der Waals surface area contributed by atoms with Gasteiger partial charge < -0.3 is 9.30 Å². The molecule has 0 fully saturated rings. The molecule has 0 atom stereocenters. The zero-order valence-electron chi connectivity index (χ0n) is 17.5. The summed E-state index contributed by atoms with van der Waals surface area (Å²) in [5, 5.41) is 0.265. The van der Waals surface area contributed by atoms with Crippen LogP contribution in [0.3, 0.4) is 0 Å². The number of pyridine rings is 2. The summed E-state index contributed by atoms with van der Waals surface area (Å²) in [5.74, 6) is 0.694. The quantitative estimate of drug-likeness (QED) is 0.476. The number of rotatable bonds is 5. The molecule has 2 aromatic heterocycles. The minimum atomic E-state index is -4.00. The number of methoxy groups -OCH3 is 1. The van der Waals surface area contributed by atoms with E-state index >= 15 is 0 Å². The van der Waals surface area contributed by atoms with E-state index in [-0.39, 0.29) is 15.2 Å². The van der Waals surface area contributed by atoms with E-state index in [0.717, 1.165) is 16.8 Å². The number of hydrogen-bond acceptors (Lipinski definition) is 5. The van der Waals surface area contributed by atoms with Crippen LogP contribution in [0.4, 0.5) is 0 Å². The van der Waals surface area contributed by atoms with E-state index < -0.39 is 15.3 Å². The molecular weight excluding hydrogens is 412 g/mol. The number of sulfone groups is 1. The summed E-state index contributed by atoms with van der Waals surface area (Å²) in [4.78, 5) is 17.5. The molecule has 2 aromatic carbocycles. The number of fused-ring (bicyclic) bond motifs is 1. The average Bonchev–Trinajstić information content (AvgIpc) is 2.76. The maximum atomic E-state index is 13.3. The van der Waals surface area contributed by atoms with Crippen LogP contribution in [0.1, 0.15) is 16.8 Å². The molecule has 4 rings (SSSR count). The molecule has 0 aliphatic rings. The molecular formula is C24H22N2O4S. The first-order valence-corrected chi connectivity index (χ1v) is 11.2. The third-order valence-electron chi connectivity index (χ3n) is 5.14. The Morgan fingerprint density at radius 2 is 1.74 bits per heavy atom. The van der Waals surface area contributed by atoms with Gasteiger partial charge in [-0.1, -0.05) is 29.8 Å². The van der Waals surface area contributed by atoms with Crippen molar-refractivity contribution < 1.29 is 13.2 Å². The van der Waals surface area contributed by atoms with Gasteiger partial charge >= 0.3 is 0 Å². The van der Waals surface area contributed by atoms with Gasteiger partial charge in [0, 0.05) is 18.4 Å². The Bertz CT molecular complexity index is 1440. The molecule has 6 nitrogen and oxygen atoms in total. The monoisotopic (exact) mass is 434 g/mol. The molecule has 0 aliphatic carbocycles. The molecule has 31 heavy (non-hydrogen) atoms. The minimum absolute atomic E-state index is 0.0857. The van der Waals surface area contributed by atoms with Gasteiger partial charge in [0.15, 0.2) is 0 Å². The fourth-order valence-corrected chi connectivity index (χ4v) is 4.83. The maximum absolute atomic E-state index is 13.3. The summed E-state index contributed by atoms with van der Waals surface area (Å²) < 4.78 is 33.7. The standard InChI is InChI=1S/C24H22N2O4S/c1-16-7-10-20(11-8-16)31(28,29)22-15-26(14-18-5-4-6-19(13-18)30-3)24-21(23(22)27)12-9-17(2)25-24/h4-13,15H,14H2,1-3H3. The Morgan fingerprint density at radius 1 is 1.00 bits per heavy atom. The van der Waals surface area contributed by atoms with Gasteiger partial charge in [-0.2, -0.15) is 0 Å². The molecule has 158 valence electrons. The lowest BCUT2D eigenvalue weighted by Crippen LogP contribution is -2.20. The van der Waals surface area contributed by atoms with Crippen LogP contribution < -0.4 is 10.2 Å². The van der Waals surface area contributed by atoms with Crippen LogP contribution in [0.5, 0.6) is 5.75 Å². The summed E-state index contributed by atoms with van der Waals surface area (Å²) in [7, 11) is -2.41. The van der Waals surface area contributed by atoms with Crippen LogP contribution >= 0.6 is 0 Å². The highest BCUT2D eigenvalue weighted by Crippen LogP contribution is 2.22. The smallest absolute Gasteiger partial charge is 0.211 e. The van der Waals surface area contributed by atoms with Gasteiger partial charge in [0.05, 0.1) is 17.4 Å². The number of benzene rings is 2. The Morgan fingerprint density at radius 3 is 2.45 bits per heavy atom. The average molecular weight is 435 g/mol. The second-order valence-electron chi connectivity index (χ2n) is 7.44. The first-order chi connectivity index (χ1) is 14.8. The SMILES string of the molecule is COc1cccc(Cn2cc(S(=O)(=O)c3ccc(C)cc3)c(=O)c3ccc(C)nc32)c1. The van der Waals surface area contributed by atoms with Crippen LogP contribution in [0, 0.1) is 13.8 Å². The molecule has 0 saturated carbocycles. The lowest BCUT2D eigenvalue weighted by molar-refractivity contribution is 0.414. The molecule has 0 aliphatic heterocycles. The second kappa shape index (κ2) is 8.00. The first kappa shape index (κ1) is 20.8. The summed E-state index contributed by atoms with van der Waals surface area (Å²) in [6.07, 6.45) is 1.39. The van der Waals surface area contributed by atoms with E-state index in [4.69, 9.17) is 4.74 Å². The van der Waals surface area contributed by atoms with Gasteiger partial charge in [-0.25, -0.2) is 13.4 Å². The van der Waals surface area contributed by atoms with Crippen molar-refractivity contribution in [1.29, 1.82) is 0 Å². The van der Waals surface area contributed by atoms with Crippen LogP contribution in [-0.4, -0.2) is 25.1 Å². The summed E-state index contributed by atoms with van der Waals surface area (Å²) in [6.45, 7) is 4.04. The summed E-state index contributed by atoms with van der Waals surface area (Å²) in [5.41, 5.74) is 2.46. The highest BCUT2D eigenvalue weighted by molar-refractivity contribution is 7.91. The molecule has 4 aromatic rings. The van der Waals surface area contributed by atoms with Crippen LogP contribution in [0.2, 0.25) is 0 Å². The zero-order valence-corrected chi connectivity index (χ0v) is 18.3. The van der Waals surface area contributed by atoms with Crippen molar-refractivity contribution in [3.05, 3.63) is 93.9 Å². The summed E-state index contributed by atoms with van der Waals surface area (Å²) >= 11 is 0. The number of aryl methyl sites for hydroxylation is 2. The van der Waals surface area contributed by atoms with Crippen molar-refractivity contribution in [2.45, 2.75) is 30.2 Å². The summed E-state index contributed by atoms with van der Waals surface area (Å²) in [6, 6.07) is 17.3. The lowest BCUT2D eigenvalue weighted by atomic mass is 10.2. The van der Waals surface area contributed by atoms with E-state index in [0.29, 0.717) is 17.9 Å². The maximum Gasteiger partial charge on any atom is 0.211 e. The van der Waals surface area contributed by atoms with Gasteiger partial charge in [-0.05, 0) is 55.8 Å². The highest BCUT2D eigenvalue weighted by Gasteiger charge is 2.24. The number of hydrogen-bond donors (Lipinski definition) is 0. The topological polar surface area (TPSA) is 78.3 Å². The highest BCUT2D eigenvalue weighted by atomic mass is 32.2. The number of aromatic nitrogens is 2. The van der Waals surface area contributed by atoms with E-state index in [1.165, 1.54) is 18.3 Å². The van der Waals surface area contributed by atoms with E-state index in [2.05, 4.69) is 4.98 Å². The van der Waals surface area contributed by atoms with Crippen LogP contribution in [0.25, 0.3) is 11.0 Å². The van der Waals surface area contributed by atoms with Crippen molar-refractivity contribution in [2.75, 3.05) is 7.11 Å². The van der Waals surface area contributed by atoms with Gasteiger partial charge in [0.25, 0.3) is 0 Å². The molecule has 7 heteroatoms. The number of ether oxygens (including phenoxy) is 1. The predicted octanol–water partition coefficient (Wildman–Crippen LogP) is 3.90. The Balaban J connectivity index is 1.95. The third-order valence-corrected chi connectivity index (χ3v) is 6.90. The zero-order chi connectivity index (χ0) is 22.2. The van der Waals surface area contributed by atoms with E-state index in [9.17, 15) is 13.2 Å². The predicted molar refractivity (Wildman–Crippen MR) is 119 cm³/mol. The second-order valence-corrected chi connectivity index (χ2v) is 9.36. The Hall–Kier alpha value is -3.45. The Kier molecular flexibility index (Phi) is 5.37. The fraction of sp³-hybridized carbons (Fsp3) is 0.167. The molecule has 0 N–H and O–H groups in total. The molecule has 0 spiro atoms. The van der Waals surface area contributed by atoms with Gasteiger partial charge in [0.2, 0.25) is 15.3 Å². The molecule has 0 amide bonds. The largest absolute Gasteiger partial charge is 0.497 e. The Labute approximate surface area is 180 Å². The van der Waals surface area contributed by atoms with Crippen molar-refractivity contribution in [2.24, 2.45) is 0 Å². The van der Waals surface area contributed by atoms with E-state index in [1.807, 2.05) is 38.1 Å². The van der Waals surface area contributed by atoms with Gasteiger partial charge in [-0.15, -0.1) is 0 Å². The molecule has 2 heterocycles. The molecule has 0 saturated heterocycles. The third kappa shape index (κ3) is 3.96. The number of nitrogens with zero attached hydrogens (tertiary/aromatic N) is 2. The van der Waals surface area contributed by atoms with Gasteiger partial charge in [0.1, 0.15) is 16.3 Å².